The largest absolute Gasteiger partial charge is 0.384 e. The lowest BCUT2D eigenvalue weighted by molar-refractivity contribution is -0.281. The molecule has 22 nitrogen and oxygen atoms in total. The number of benzene rings is 4. The number of hydrogen-bond donors (Lipinski definition) is 3. The number of piperazine rings is 2. The van der Waals surface area contributed by atoms with Gasteiger partial charge in [-0.1, -0.05) is 86.6 Å². The van der Waals surface area contributed by atoms with Crippen LogP contribution < -0.4 is 16.4 Å². The zero-order valence-corrected chi connectivity index (χ0v) is 64.3. The first-order valence-electron chi connectivity index (χ1n) is 38.9. The van der Waals surface area contributed by atoms with Crippen LogP contribution in [0.15, 0.2) is 153 Å². The van der Waals surface area contributed by atoms with Crippen LogP contribution in [0.5, 0.6) is 0 Å². The number of hydrogen-bond acceptors (Lipinski definition) is 19. The van der Waals surface area contributed by atoms with Gasteiger partial charge in [0.15, 0.2) is 5.79 Å². The molecule has 15 rings (SSSR count). The SMILES string of the molecule is CCc1ncnc(-c2ccc(C(=O)N3CCN(Cc4cccc(Nc5ccc(C#Cc6c(CC)ncnc6-c6ccc(C(=O)N7CCN(CC8CC8Nc8ccc(C#Cc9c(CC)ncnc9-c9ccc(C(=O)N%10CCC%11(CC%10)OCCCO%11)c(C)c9)cn8)CC7)c(C)c6)cn5)c4)CC3)c(C)c2)c1C#Cc1ccc(N)nc1. The molecule has 1 spiro atoms. The molecule has 22 heteroatoms. The van der Waals surface area contributed by atoms with E-state index in [4.69, 9.17) is 35.1 Å². The summed E-state index contributed by atoms with van der Waals surface area (Å²) in [5.74, 6) is 21.9. The minimum atomic E-state index is -0.557. The Kier molecular flexibility index (Phi) is 22.9. The van der Waals surface area contributed by atoms with Gasteiger partial charge in [0.2, 0.25) is 0 Å². The van der Waals surface area contributed by atoms with E-state index in [-0.39, 0.29) is 17.7 Å². The van der Waals surface area contributed by atoms with E-state index in [1.165, 1.54) is 0 Å². The number of aromatic nitrogens is 9. The summed E-state index contributed by atoms with van der Waals surface area (Å²) in [7, 11) is 0. The van der Waals surface area contributed by atoms with Gasteiger partial charge in [0.05, 0.1) is 64.1 Å². The Morgan fingerprint density at radius 2 is 0.929 bits per heavy atom. The smallest absolute Gasteiger partial charge is 0.254 e. The molecular weight excluding hydrogens is 1400 g/mol. The minimum absolute atomic E-state index is 0.0135. The molecule has 5 fully saturated rings. The number of piperidine rings is 1. The maximum atomic E-state index is 14.2. The van der Waals surface area contributed by atoms with Gasteiger partial charge in [0.1, 0.15) is 36.4 Å². The van der Waals surface area contributed by atoms with Crippen molar-refractivity contribution in [3.05, 3.63) is 242 Å². The van der Waals surface area contributed by atoms with E-state index in [2.05, 4.69) is 107 Å². The molecule has 1 aliphatic carbocycles. The number of carbonyl (C=O) groups is 3. The highest BCUT2D eigenvalue weighted by Crippen LogP contribution is 2.37. The lowest BCUT2D eigenvalue weighted by Gasteiger charge is -2.43. The molecule has 2 unspecified atom stereocenters. The van der Waals surface area contributed by atoms with Gasteiger partial charge < -0.3 is 40.5 Å². The van der Waals surface area contributed by atoms with E-state index in [0.717, 1.165) is 170 Å². The second kappa shape index (κ2) is 34.0. The fourth-order valence-electron chi connectivity index (χ4n) is 15.3. The van der Waals surface area contributed by atoms with Crippen LogP contribution in [0.3, 0.4) is 0 Å². The molecule has 10 aromatic rings. The summed E-state index contributed by atoms with van der Waals surface area (Å²) in [4.78, 5) is 94.2. The fourth-order valence-corrected chi connectivity index (χ4v) is 15.3. The summed E-state index contributed by atoms with van der Waals surface area (Å²) < 4.78 is 12.0. The average molecular weight is 1490 g/mol. The molecular formula is C90H91N17O5. The lowest BCUT2D eigenvalue weighted by atomic mass is 9.97. The van der Waals surface area contributed by atoms with Crippen LogP contribution in [0.2, 0.25) is 0 Å². The van der Waals surface area contributed by atoms with Gasteiger partial charge in [-0.2, -0.15) is 0 Å². The van der Waals surface area contributed by atoms with Crippen LogP contribution in [0.25, 0.3) is 33.8 Å². The molecule has 566 valence electrons. The molecule has 1 saturated carbocycles. The normalized spacial score (nSPS) is 16.8. The number of likely N-dealkylation sites (tertiary alicyclic amines) is 1. The molecule has 3 amide bonds. The van der Waals surface area contributed by atoms with E-state index in [1.807, 2.05) is 139 Å². The number of amides is 3. The molecule has 112 heavy (non-hydrogen) atoms. The molecule has 10 heterocycles. The second-order valence-corrected chi connectivity index (χ2v) is 29.4. The van der Waals surface area contributed by atoms with Crippen molar-refractivity contribution in [3.8, 4) is 69.3 Å². The summed E-state index contributed by atoms with van der Waals surface area (Å²) in [6, 6.07) is 37.8. The molecule has 0 bridgehead atoms. The van der Waals surface area contributed by atoms with Crippen molar-refractivity contribution in [1.29, 1.82) is 0 Å². The van der Waals surface area contributed by atoms with Crippen molar-refractivity contribution in [1.82, 2.24) is 69.4 Å². The highest BCUT2D eigenvalue weighted by atomic mass is 16.7. The monoisotopic (exact) mass is 1490 g/mol. The Labute approximate surface area is 654 Å². The highest BCUT2D eigenvalue weighted by molar-refractivity contribution is 5.98. The van der Waals surface area contributed by atoms with Crippen molar-refractivity contribution in [2.75, 3.05) is 102 Å². The molecule has 4 aromatic carbocycles. The van der Waals surface area contributed by atoms with Crippen LogP contribution in [0.4, 0.5) is 23.1 Å². The van der Waals surface area contributed by atoms with Gasteiger partial charge in [-0.25, -0.2) is 44.9 Å². The quantitative estimate of drug-likeness (QED) is 0.0716. The molecule has 2 atom stereocenters. The number of nitrogens with two attached hydrogens (primary N) is 1. The number of ether oxygens (including phenoxy) is 2. The fraction of sp³-hybridized carbons (Fsp3) is 0.333. The third-order valence-electron chi connectivity index (χ3n) is 21.8. The number of pyridine rings is 3. The van der Waals surface area contributed by atoms with Crippen LogP contribution in [0, 0.1) is 62.2 Å². The zero-order chi connectivity index (χ0) is 77.2. The molecule has 5 aliphatic rings. The van der Waals surface area contributed by atoms with Gasteiger partial charge in [-0.3, -0.25) is 24.2 Å². The number of nitrogen functional groups attached to an aromatic ring is 1. The predicted molar refractivity (Wildman–Crippen MR) is 433 cm³/mol. The van der Waals surface area contributed by atoms with Crippen molar-refractivity contribution < 1.29 is 23.9 Å². The van der Waals surface area contributed by atoms with Gasteiger partial charge in [-0.05, 0) is 166 Å². The highest BCUT2D eigenvalue weighted by Gasteiger charge is 2.41. The first-order valence-corrected chi connectivity index (χ1v) is 38.9. The number of rotatable bonds is 17. The number of nitrogens with one attached hydrogen (secondary N) is 2. The maximum Gasteiger partial charge on any atom is 0.254 e. The van der Waals surface area contributed by atoms with Crippen molar-refractivity contribution in [2.45, 2.75) is 105 Å². The first-order chi connectivity index (χ1) is 54.6. The Morgan fingerprint density at radius 3 is 1.37 bits per heavy atom. The van der Waals surface area contributed by atoms with Crippen LogP contribution in [-0.4, -0.2) is 184 Å². The third kappa shape index (κ3) is 17.4. The lowest BCUT2D eigenvalue weighted by Crippen LogP contribution is -2.51. The molecule has 0 radical (unpaired) electrons. The van der Waals surface area contributed by atoms with E-state index < -0.39 is 5.79 Å². The second-order valence-electron chi connectivity index (χ2n) is 29.4. The number of anilines is 4. The summed E-state index contributed by atoms with van der Waals surface area (Å²) in [6.45, 7) is 22.0. The van der Waals surface area contributed by atoms with Crippen LogP contribution >= 0.6 is 0 Å². The predicted octanol–water partition coefficient (Wildman–Crippen LogP) is 12.0. The third-order valence-corrected chi connectivity index (χ3v) is 21.8. The topological polar surface area (TPSA) is 252 Å². The van der Waals surface area contributed by atoms with Crippen molar-refractivity contribution in [2.24, 2.45) is 5.92 Å². The summed E-state index contributed by atoms with van der Waals surface area (Å²) in [6.07, 6.45) is 15.3. The van der Waals surface area contributed by atoms with E-state index >= 15 is 0 Å². The van der Waals surface area contributed by atoms with E-state index in [0.29, 0.717) is 125 Å². The van der Waals surface area contributed by atoms with Gasteiger partial charge in [0.25, 0.3) is 17.7 Å². The first kappa shape index (κ1) is 75.3. The standard InChI is InChI=1S/C90H91N17O5/c1-7-77-74(23-14-62-17-29-81(91)92-51-62)84(98-56-95-77)67-21-27-72(60(5)47-67)88(109)106-40-36-103(37-41-106)54-65-12-10-13-70(49-65)101-82-30-18-63(52-93-82)15-24-75-78(8-2)96-58-100-86(75)68-22-28-73(61(6)48-68)89(110)107-42-38-104(39-43-107)55-69-50-80(69)102-83-31-19-64(53-94-83)16-25-76-79(9-3)97-57-99-85(76)66-20-26-71(59(4)46-66)87(108)105-34-32-90(33-35-105)111-44-11-45-112-90/h10,12-13,17-22,26-31,46-49,51-53,56-58,69,80H,7-9,11,32-45,50,54-55H2,1-6H3,(H2,91,92)(H,93,101)(H,94,102). The van der Waals surface area contributed by atoms with Crippen LogP contribution in [0.1, 0.15) is 150 Å². The summed E-state index contributed by atoms with van der Waals surface area (Å²) in [5, 5.41) is 7.12. The number of carbonyl (C=O) groups excluding carboxylic acids is 3. The van der Waals surface area contributed by atoms with E-state index in [9.17, 15) is 14.4 Å². The summed E-state index contributed by atoms with van der Waals surface area (Å²) in [5.41, 5.74) is 24.4. The van der Waals surface area contributed by atoms with Gasteiger partial charge >= 0.3 is 0 Å². The summed E-state index contributed by atoms with van der Waals surface area (Å²) >= 11 is 0. The van der Waals surface area contributed by atoms with Crippen molar-refractivity contribution in [3.63, 3.8) is 0 Å². The molecule has 4 saturated heterocycles. The van der Waals surface area contributed by atoms with Gasteiger partial charge in [-0.15, -0.1) is 0 Å². The number of nitrogens with zero attached hydrogens (tertiary/aromatic N) is 14. The van der Waals surface area contributed by atoms with E-state index in [1.54, 1.807) is 43.6 Å². The maximum absolute atomic E-state index is 14.2. The Hall–Kier alpha value is -12.1. The minimum Gasteiger partial charge on any atom is -0.384 e. The van der Waals surface area contributed by atoms with Gasteiger partial charge in [0, 0.05) is 172 Å². The average Bonchev–Trinajstić information content (AvgIpc) is 1.30. The molecule has 4 N–H and O–H groups in total. The Morgan fingerprint density at radius 1 is 0.482 bits per heavy atom. The molecule has 4 aliphatic heterocycles. The Bertz CT molecular complexity index is 5360. The molecule has 6 aromatic heterocycles. The zero-order valence-electron chi connectivity index (χ0n) is 64.3. The van der Waals surface area contributed by atoms with Crippen LogP contribution in [-0.2, 0) is 35.3 Å². The Balaban J connectivity index is 0.504. The number of aryl methyl sites for hydroxylation is 6. The van der Waals surface area contributed by atoms with Crippen molar-refractivity contribution >= 4 is 40.9 Å².